The first-order valence-electron chi connectivity index (χ1n) is 10.4. The van der Waals surface area contributed by atoms with Crippen molar-refractivity contribution in [3.63, 3.8) is 0 Å². The molecule has 1 aromatic carbocycles. The Morgan fingerprint density at radius 1 is 1.31 bits per heavy atom. The predicted molar refractivity (Wildman–Crippen MR) is 108 cm³/mol. The van der Waals surface area contributed by atoms with Crippen molar-refractivity contribution in [2.24, 2.45) is 5.92 Å². The zero-order valence-electron chi connectivity index (χ0n) is 17.1. The van der Waals surface area contributed by atoms with E-state index < -0.39 is 16.9 Å². The Labute approximate surface area is 170 Å². The summed E-state index contributed by atoms with van der Waals surface area (Å²) in [5.41, 5.74) is -0.0365. The molecular formula is C21H29N3O5. The molecule has 0 spiro atoms. The monoisotopic (exact) mass is 403 g/mol. The minimum absolute atomic E-state index is 0.135. The van der Waals surface area contributed by atoms with Crippen molar-refractivity contribution in [2.75, 3.05) is 13.2 Å². The van der Waals surface area contributed by atoms with Crippen LogP contribution in [0.5, 0.6) is 5.75 Å². The lowest BCUT2D eigenvalue weighted by Gasteiger charge is -2.33. The van der Waals surface area contributed by atoms with Crippen LogP contribution in [0.25, 0.3) is 0 Å². The van der Waals surface area contributed by atoms with Gasteiger partial charge < -0.3 is 15.0 Å². The second-order valence-electron chi connectivity index (χ2n) is 8.27. The Morgan fingerprint density at radius 2 is 2.03 bits per heavy atom. The molecule has 2 amide bonds. The van der Waals surface area contributed by atoms with Gasteiger partial charge in [0.05, 0.1) is 17.0 Å². The minimum Gasteiger partial charge on any atom is -0.491 e. The summed E-state index contributed by atoms with van der Waals surface area (Å²) in [4.78, 5) is 38.5. The van der Waals surface area contributed by atoms with Gasteiger partial charge >= 0.3 is 0 Å². The molecule has 2 aliphatic rings. The van der Waals surface area contributed by atoms with E-state index in [0.717, 1.165) is 25.7 Å². The zero-order valence-corrected chi connectivity index (χ0v) is 17.1. The summed E-state index contributed by atoms with van der Waals surface area (Å²) in [5, 5.41) is 14.3. The van der Waals surface area contributed by atoms with Gasteiger partial charge in [-0.2, -0.15) is 0 Å². The first-order chi connectivity index (χ1) is 13.9. The molecule has 8 heteroatoms. The lowest BCUT2D eigenvalue weighted by molar-refractivity contribution is -0.384. The molecule has 1 aromatic rings. The Balaban J connectivity index is 1.86. The van der Waals surface area contributed by atoms with E-state index in [1.807, 2.05) is 13.8 Å². The molecule has 1 atom stereocenters. The number of rotatable bonds is 6. The van der Waals surface area contributed by atoms with Gasteiger partial charge in [-0.15, -0.1) is 0 Å². The van der Waals surface area contributed by atoms with Gasteiger partial charge in [0.25, 0.3) is 11.6 Å². The minimum atomic E-state index is -0.627. The third-order valence-corrected chi connectivity index (χ3v) is 5.58. The van der Waals surface area contributed by atoms with E-state index in [-0.39, 0.29) is 42.3 Å². The maximum absolute atomic E-state index is 13.3. The fourth-order valence-corrected chi connectivity index (χ4v) is 4.10. The zero-order chi connectivity index (χ0) is 21.0. The van der Waals surface area contributed by atoms with Gasteiger partial charge in [0.2, 0.25) is 5.91 Å². The van der Waals surface area contributed by atoms with Crippen molar-refractivity contribution in [1.29, 1.82) is 0 Å². The van der Waals surface area contributed by atoms with E-state index in [1.54, 1.807) is 0 Å². The molecule has 8 nitrogen and oxygen atoms in total. The molecule has 0 bridgehead atoms. The van der Waals surface area contributed by atoms with Gasteiger partial charge in [-0.3, -0.25) is 19.7 Å². The van der Waals surface area contributed by atoms with Crippen LogP contribution in [-0.2, 0) is 4.79 Å². The Morgan fingerprint density at radius 3 is 2.69 bits per heavy atom. The van der Waals surface area contributed by atoms with E-state index in [9.17, 15) is 19.7 Å². The van der Waals surface area contributed by atoms with Crippen LogP contribution in [0.2, 0.25) is 0 Å². The maximum atomic E-state index is 13.3. The van der Waals surface area contributed by atoms with Crippen LogP contribution >= 0.6 is 0 Å². The van der Waals surface area contributed by atoms with E-state index >= 15 is 0 Å². The number of carbonyl (C=O) groups is 2. The van der Waals surface area contributed by atoms with Gasteiger partial charge in [-0.05, 0) is 31.2 Å². The molecule has 3 rings (SSSR count). The number of carbonyl (C=O) groups excluding carboxylic acids is 2. The van der Waals surface area contributed by atoms with Gasteiger partial charge in [0.1, 0.15) is 18.4 Å². The lowest BCUT2D eigenvalue weighted by Crippen LogP contribution is -2.53. The maximum Gasteiger partial charge on any atom is 0.270 e. The number of nitrogens with zero attached hydrogens (tertiary/aromatic N) is 2. The fraction of sp³-hybridized carbons (Fsp3) is 0.619. The molecule has 1 aliphatic carbocycles. The first-order valence-corrected chi connectivity index (χ1v) is 10.4. The highest BCUT2D eigenvalue weighted by molar-refractivity contribution is 6.00. The number of benzene rings is 1. The van der Waals surface area contributed by atoms with Crippen molar-refractivity contribution in [3.05, 3.63) is 33.9 Å². The Hall–Kier alpha value is -2.64. The van der Waals surface area contributed by atoms with Crippen molar-refractivity contribution in [1.82, 2.24) is 10.2 Å². The van der Waals surface area contributed by atoms with Gasteiger partial charge in [-0.25, -0.2) is 0 Å². The van der Waals surface area contributed by atoms with Crippen LogP contribution in [0, 0.1) is 16.0 Å². The van der Waals surface area contributed by atoms with E-state index in [4.69, 9.17) is 4.74 Å². The van der Waals surface area contributed by atoms with Crippen molar-refractivity contribution in [2.45, 2.75) is 64.5 Å². The molecule has 1 N–H and O–H groups in total. The number of hydrogen-bond donors (Lipinski definition) is 1. The molecule has 1 heterocycles. The molecule has 0 saturated heterocycles. The third kappa shape index (κ3) is 5.05. The fourth-order valence-electron chi connectivity index (χ4n) is 4.10. The van der Waals surface area contributed by atoms with Crippen molar-refractivity contribution < 1.29 is 19.2 Å². The van der Waals surface area contributed by atoms with Gasteiger partial charge in [-0.1, -0.05) is 33.1 Å². The summed E-state index contributed by atoms with van der Waals surface area (Å²) >= 11 is 0. The van der Waals surface area contributed by atoms with Crippen LogP contribution in [0.3, 0.4) is 0 Å². The number of non-ortho nitro benzene ring substituents is 1. The average Bonchev–Trinajstić information content (AvgIpc) is 2.85. The highest BCUT2D eigenvalue weighted by atomic mass is 16.6. The summed E-state index contributed by atoms with van der Waals surface area (Å²) in [6.45, 7) is 4.52. The summed E-state index contributed by atoms with van der Waals surface area (Å²) in [5.74, 6) is -0.0174. The van der Waals surface area contributed by atoms with Crippen LogP contribution < -0.4 is 10.1 Å². The van der Waals surface area contributed by atoms with Crippen LogP contribution in [0.4, 0.5) is 5.69 Å². The highest BCUT2D eigenvalue weighted by Gasteiger charge is 2.35. The Kier molecular flexibility index (Phi) is 6.71. The van der Waals surface area contributed by atoms with E-state index in [1.165, 1.54) is 29.5 Å². The van der Waals surface area contributed by atoms with Crippen molar-refractivity contribution in [3.8, 4) is 5.75 Å². The number of fused-ring (bicyclic) bond motifs is 1. The molecule has 158 valence electrons. The largest absolute Gasteiger partial charge is 0.491 e. The molecule has 0 aromatic heterocycles. The van der Waals surface area contributed by atoms with Gasteiger partial charge in [0.15, 0.2) is 0 Å². The number of nitro groups is 1. The number of hydrogen-bond acceptors (Lipinski definition) is 5. The normalized spacial score (nSPS) is 18.6. The number of nitro benzene ring substituents is 1. The standard InChI is InChI=1S/C21H29N3O5/c1-14(2)12-18(20(25)22-15-6-4-3-5-7-15)23-10-11-29-19-9-8-16(24(27)28)13-17(19)21(23)26/h8-9,13-15,18H,3-7,10-12H2,1-2H3,(H,22,25). The predicted octanol–water partition coefficient (Wildman–Crippen LogP) is 3.29. The number of amides is 2. The van der Waals surface area contributed by atoms with Crippen LogP contribution in [0.15, 0.2) is 18.2 Å². The first kappa shape index (κ1) is 21.1. The van der Waals surface area contributed by atoms with E-state index in [0.29, 0.717) is 12.2 Å². The molecule has 1 fully saturated rings. The second-order valence-corrected chi connectivity index (χ2v) is 8.27. The topological polar surface area (TPSA) is 102 Å². The second kappa shape index (κ2) is 9.24. The van der Waals surface area contributed by atoms with Crippen LogP contribution in [-0.4, -0.2) is 46.9 Å². The van der Waals surface area contributed by atoms with Gasteiger partial charge in [0, 0.05) is 18.2 Å². The third-order valence-electron chi connectivity index (χ3n) is 5.58. The molecule has 1 aliphatic heterocycles. The number of nitrogens with one attached hydrogen (secondary N) is 1. The smallest absolute Gasteiger partial charge is 0.270 e. The van der Waals surface area contributed by atoms with Crippen molar-refractivity contribution >= 4 is 17.5 Å². The SMILES string of the molecule is CC(C)CC(C(=O)NC1CCCCC1)N1CCOc2ccc([N+](=O)[O-])cc2C1=O. The van der Waals surface area contributed by atoms with Crippen LogP contribution in [0.1, 0.15) is 62.7 Å². The average molecular weight is 403 g/mol. The Bertz CT molecular complexity index is 774. The highest BCUT2D eigenvalue weighted by Crippen LogP contribution is 2.29. The molecular weight excluding hydrogens is 374 g/mol. The van der Waals surface area contributed by atoms with E-state index in [2.05, 4.69) is 5.32 Å². The summed E-state index contributed by atoms with van der Waals surface area (Å²) in [6, 6.07) is 3.54. The number of ether oxygens (including phenoxy) is 1. The molecule has 1 unspecified atom stereocenters. The summed E-state index contributed by atoms with van der Waals surface area (Å²) in [6.07, 6.45) is 5.85. The summed E-state index contributed by atoms with van der Waals surface area (Å²) < 4.78 is 5.65. The molecule has 29 heavy (non-hydrogen) atoms. The lowest BCUT2D eigenvalue weighted by atomic mass is 9.94. The quantitative estimate of drug-likeness (QED) is 0.580. The summed E-state index contributed by atoms with van der Waals surface area (Å²) in [7, 11) is 0. The molecule has 0 radical (unpaired) electrons. The molecule has 1 saturated carbocycles.